The van der Waals surface area contributed by atoms with E-state index in [1.165, 1.54) is 76.6 Å². The molecule has 3 aromatic carbocycles. The summed E-state index contributed by atoms with van der Waals surface area (Å²) in [5, 5.41) is 0. The first-order chi connectivity index (χ1) is 20.5. The van der Waals surface area contributed by atoms with Crippen molar-refractivity contribution < 1.29 is 51.0 Å². The number of benzene rings is 3. The summed E-state index contributed by atoms with van der Waals surface area (Å²) < 4.78 is 0. The molecule has 0 N–H and O–H groups in total. The summed E-state index contributed by atoms with van der Waals surface area (Å²) in [6.07, 6.45) is 19.1. The second-order valence-corrected chi connectivity index (χ2v) is 15.6. The number of rotatable bonds is 7. The van der Waals surface area contributed by atoms with Gasteiger partial charge in [0.05, 0.1) is 0 Å². The molecule has 3 aromatic rings. The molecule has 0 bridgehead atoms. The Labute approximate surface area is 311 Å². The maximum Gasteiger partial charge on any atom is 2.00 e. The van der Waals surface area contributed by atoms with Gasteiger partial charge in [-0.25, -0.2) is 0 Å². The molecule has 0 aromatic heterocycles. The zero-order valence-corrected chi connectivity index (χ0v) is 32.8. The molecule has 1 fully saturated rings. The molecule has 0 radical (unpaired) electrons. The van der Waals surface area contributed by atoms with Crippen LogP contribution in [0.15, 0.2) is 97.1 Å². The van der Waals surface area contributed by atoms with Crippen LogP contribution in [0.3, 0.4) is 0 Å². The fourth-order valence-electron chi connectivity index (χ4n) is 8.31. The van der Waals surface area contributed by atoms with Crippen LogP contribution in [0.4, 0.5) is 0 Å². The van der Waals surface area contributed by atoms with Gasteiger partial charge in [0.2, 0.25) is 0 Å². The normalized spacial score (nSPS) is 17.5. The van der Waals surface area contributed by atoms with Crippen molar-refractivity contribution in [3.8, 4) is 11.1 Å². The molecule has 0 aliphatic heterocycles. The number of allylic oxidation sites excluding steroid dienone is 5. The van der Waals surface area contributed by atoms with E-state index in [0.717, 1.165) is 19.3 Å². The molecular formula is C43H52Cl2Zr. The molecule has 1 atom stereocenters. The van der Waals surface area contributed by atoms with Crippen LogP contribution in [-0.4, -0.2) is 0 Å². The van der Waals surface area contributed by atoms with Crippen LogP contribution in [0.2, 0.25) is 0 Å². The Kier molecular flexibility index (Phi) is 12.9. The molecule has 1 unspecified atom stereocenters. The number of hydrogen-bond acceptors (Lipinski definition) is 0. The minimum atomic E-state index is -0.157. The Balaban J connectivity index is 0.00000192. The fraction of sp³-hybridized carbons (Fsp3) is 0.442. The SMILES string of the molecule is C=CCCC(C1=CC=CC1)(c1ccc(C2CCCCC2)cc1)C1c2cc(C(C)(C)C)ccc2-c2ccc(C(C)(C)C)cc21.[Cl-].[Cl-].[Zr+2]. The van der Waals surface area contributed by atoms with Gasteiger partial charge in [-0.3, -0.25) is 0 Å². The van der Waals surface area contributed by atoms with Crippen LogP contribution in [0.5, 0.6) is 0 Å². The topological polar surface area (TPSA) is 0 Å². The summed E-state index contributed by atoms with van der Waals surface area (Å²) in [5.41, 5.74) is 13.3. The zero-order chi connectivity index (χ0) is 30.4. The average Bonchev–Trinajstić information content (AvgIpc) is 3.65. The van der Waals surface area contributed by atoms with Gasteiger partial charge in [-0.2, -0.15) is 0 Å². The van der Waals surface area contributed by atoms with Gasteiger partial charge in [-0.15, -0.1) is 6.58 Å². The standard InChI is InChI=1S/C43H52.2ClH.Zr/c1-8-9-27-43(32-17-13-14-18-32,33-21-19-31(20-22-33)30-15-11-10-12-16-30)40-38-28-34(41(2,3)4)23-25-36(38)37-26-24-35(29-39(37)40)42(5,6)7;;;/h8,13-14,17,19-26,28-30,40H,1,9-12,15-16,18,27H2,2-7H3;2*1H;/q;;;+2/p-2. The van der Waals surface area contributed by atoms with Gasteiger partial charge < -0.3 is 24.8 Å². The zero-order valence-electron chi connectivity index (χ0n) is 28.9. The summed E-state index contributed by atoms with van der Waals surface area (Å²) in [7, 11) is 0. The summed E-state index contributed by atoms with van der Waals surface area (Å²) in [6.45, 7) is 18.3. The molecule has 3 aliphatic carbocycles. The minimum Gasteiger partial charge on any atom is -1.00 e. The van der Waals surface area contributed by atoms with E-state index in [1.54, 1.807) is 5.57 Å². The molecule has 46 heavy (non-hydrogen) atoms. The molecule has 0 saturated heterocycles. The van der Waals surface area contributed by atoms with E-state index in [1.807, 2.05) is 0 Å². The van der Waals surface area contributed by atoms with E-state index < -0.39 is 0 Å². The largest absolute Gasteiger partial charge is 2.00 e. The van der Waals surface area contributed by atoms with Crippen molar-refractivity contribution in [1.82, 2.24) is 0 Å². The number of halogens is 2. The average molecular weight is 731 g/mol. The monoisotopic (exact) mass is 728 g/mol. The van der Waals surface area contributed by atoms with Crippen LogP contribution >= 0.6 is 0 Å². The molecule has 242 valence electrons. The minimum absolute atomic E-state index is 0. The van der Waals surface area contributed by atoms with Crippen LogP contribution in [0.25, 0.3) is 11.1 Å². The van der Waals surface area contributed by atoms with E-state index in [4.69, 9.17) is 0 Å². The van der Waals surface area contributed by atoms with Crippen molar-refractivity contribution in [2.75, 3.05) is 0 Å². The Morgan fingerprint density at radius 2 is 1.24 bits per heavy atom. The Hall–Kier alpha value is -1.66. The van der Waals surface area contributed by atoms with E-state index in [-0.39, 0.29) is 73.2 Å². The van der Waals surface area contributed by atoms with E-state index >= 15 is 0 Å². The van der Waals surface area contributed by atoms with Crippen molar-refractivity contribution in [1.29, 1.82) is 0 Å². The molecule has 0 amide bonds. The van der Waals surface area contributed by atoms with Crippen molar-refractivity contribution in [2.24, 2.45) is 0 Å². The predicted molar refractivity (Wildman–Crippen MR) is 186 cm³/mol. The first-order valence-corrected chi connectivity index (χ1v) is 16.9. The summed E-state index contributed by atoms with van der Waals surface area (Å²) in [6, 6.07) is 24.8. The smallest absolute Gasteiger partial charge is 1.00 e. The van der Waals surface area contributed by atoms with Gasteiger partial charge in [0.25, 0.3) is 0 Å². The van der Waals surface area contributed by atoms with Gasteiger partial charge in [0.1, 0.15) is 0 Å². The summed E-state index contributed by atoms with van der Waals surface area (Å²) in [4.78, 5) is 0. The Morgan fingerprint density at radius 3 is 1.70 bits per heavy atom. The summed E-state index contributed by atoms with van der Waals surface area (Å²) >= 11 is 0. The van der Waals surface area contributed by atoms with E-state index in [0.29, 0.717) is 5.92 Å². The molecule has 3 aliphatic rings. The van der Waals surface area contributed by atoms with Crippen molar-refractivity contribution >= 4 is 0 Å². The second-order valence-electron chi connectivity index (χ2n) is 15.6. The Bertz CT molecular complexity index is 1490. The third-order valence-corrected chi connectivity index (χ3v) is 10.8. The first-order valence-electron chi connectivity index (χ1n) is 16.9. The molecule has 3 heteroatoms. The van der Waals surface area contributed by atoms with E-state index in [2.05, 4.69) is 133 Å². The van der Waals surface area contributed by atoms with Gasteiger partial charge in [0, 0.05) is 11.3 Å². The van der Waals surface area contributed by atoms with Crippen LogP contribution in [0.1, 0.15) is 138 Å². The number of hydrogen-bond donors (Lipinski definition) is 0. The van der Waals surface area contributed by atoms with Crippen molar-refractivity contribution in [3.63, 3.8) is 0 Å². The van der Waals surface area contributed by atoms with Crippen LogP contribution < -0.4 is 24.8 Å². The molecule has 0 spiro atoms. The van der Waals surface area contributed by atoms with Gasteiger partial charge in [-0.1, -0.05) is 151 Å². The molecule has 0 nitrogen and oxygen atoms in total. The maximum atomic E-state index is 4.23. The second kappa shape index (κ2) is 15.3. The van der Waals surface area contributed by atoms with Crippen LogP contribution in [-0.2, 0) is 42.4 Å². The van der Waals surface area contributed by atoms with Gasteiger partial charge in [0.15, 0.2) is 0 Å². The van der Waals surface area contributed by atoms with Gasteiger partial charge in [-0.05, 0) is 93.4 Å². The third kappa shape index (κ3) is 7.19. The third-order valence-electron chi connectivity index (χ3n) is 10.8. The maximum absolute atomic E-state index is 4.23. The predicted octanol–water partition coefficient (Wildman–Crippen LogP) is 6.24. The molecular weight excluding hydrogens is 679 g/mol. The first kappa shape index (κ1) is 38.8. The molecule has 1 saturated carbocycles. The molecule has 6 rings (SSSR count). The van der Waals surface area contributed by atoms with Crippen molar-refractivity contribution in [2.45, 2.75) is 121 Å². The summed E-state index contributed by atoms with van der Waals surface area (Å²) in [5.74, 6) is 0.961. The fourth-order valence-corrected chi connectivity index (χ4v) is 8.31. The molecule has 0 heterocycles. The quantitative estimate of drug-likeness (QED) is 0.253. The number of fused-ring (bicyclic) bond motifs is 3. The van der Waals surface area contributed by atoms with Crippen molar-refractivity contribution in [3.05, 3.63) is 131 Å². The Morgan fingerprint density at radius 1 is 0.717 bits per heavy atom. The van der Waals surface area contributed by atoms with E-state index in [9.17, 15) is 0 Å². The van der Waals surface area contributed by atoms with Crippen LogP contribution in [0, 0.1) is 0 Å². The van der Waals surface area contributed by atoms with Gasteiger partial charge >= 0.3 is 26.2 Å².